The number of nitrogens with one attached hydrogen (secondary N) is 1. The molecule has 1 aromatic heterocycles. The summed E-state index contributed by atoms with van der Waals surface area (Å²) in [6, 6.07) is 3.94. The first-order chi connectivity index (χ1) is 4.39. The van der Waals surface area contributed by atoms with Crippen LogP contribution in [0.4, 0.5) is 0 Å². The maximum atomic E-state index is 7.50. The van der Waals surface area contributed by atoms with Crippen LogP contribution in [0.2, 0.25) is 0 Å². The molecule has 0 atom stereocenters. The van der Waals surface area contributed by atoms with Crippen molar-refractivity contribution in [3.05, 3.63) is 35.0 Å². The second-order valence-electron chi connectivity index (χ2n) is 1.52. The highest BCUT2D eigenvalue weighted by molar-refractivity contribution is 5.05. The van der Waals surface area contributed by atoms with Gasteiger partial charge in [0.15, 0.2) is 0 Å². The van der Waals surface area contributed by atoms with Crippen LogP contribution in [0.15, 0.2) is 24.5 Å². The van der Waals surface area contributed by atoms with Crippen molar-refractivity contribution < 1.29 is 0 Å². The van der Waals surface area contributed by atoms with E-state index in [0.717, 1.165) is 0 Å². The molecule has 0 saturated heterocycles. The number of nitroso groups, excluding NO2 is 1. The maximum Gasteiger partial charge on any atom is 0.0270 e. The van der Waals surface area contributed by atoms with Gasteiger partial charge < -0.3 is 0 Å². The van der Waals surface area contributed by atoms with Crippen LogP contribution in [0, 0.1) is 17.4 Å². The molecule has 0 aromatic carbocycles. The van der Waals surface area contributed by atoms with E-state index in [1.165, 1.54) is 5.56 Å². The highest BCUT2D eigenvalue weighted by Crippen LogP contribution is 1.88. The van der Waals surface area contributed by atoms with Gasteiger partial charge in [-0.15, -0.1) is 0 Å². The number of aryl methyl sites for hydroxylation is 1. The minimum Gasteiger partial charge on any atom is -0.265 e. The van der Waals surface area contributed by atoms with Crippen LogP contribution in [-0.4, -0.2) is 4.98 Å². The summed E-state index contributed by atoms with van der Waals surface area (Å²) in [5.41, 5.74) is 5.76. The first kappa shape index (κ1) is 7.75. The van der Waals surface area contributed by atoms with Gasteiger partial charge in [-0.3, -0.25) is 4.98 Å². The van der Waals surface area contributed by atoms with Gasteiger partial charge in [0.1, 0.15) is 0 Å². The van der Waals surface area contributed by atoms with E-state index in [1.54, 1.807) is 12.4 Å². The summed E-state index contributed by atoms with van der Waals surface area (Å²) in [7, 11) is 0. The summed E-state index contributed by atoms with van der Waals surface area (Å²) in [5.74, 6) is 0. The molecule has 0 radical (unpaired) electrons. The molecule has 0 bridgehead atoms. The Hall–Kier alpha value is -1.25. The third-order valence-corrected chi connectivity index (χ3v) is 0.847. The molecule has 0 unspecified atom stereocenters. The summed E-state index contributed by atoms with van der Waals surface area (Å²) in [6.07, 6.45) is 3.57. The Morgan fingerprint density at radius 1 is 1.33 bits per heavy atom. The van der Waals surface area contributed by atoms with Gasteiger partial charge in [-0.2, -0.15) is 4.91 Å². The number of hydrogen-bond acceptors (Lipinski definition) is 3. The van der Waals surface area contributed by atoms with Crippen LogP contribution in [0.25, 0.3) is 0 Å². The zero-order valence-electron chi connectivity index (χ0n) is 5.16. The third kappa shape index (κ3) is 3.34. The molecule has 3 nitrogen and oxygen atoms in total. The number of pyridine rings is 1. The van der Waals surface area contributed by atoms with E-state index in [0.29, 0.717) is 0 Å². The van der Waals surface area contributed by atoms with Crippen molar-refractivity contribution in [3.63, 3.8) is 0 Å². The number of hydrogen-bond donors (Lipinski definition) is 1. The third-order valence-electron chi connectivity index (χ3n) is 0.847. The molecule has 0 aliphatic carbocycles. The molecular weight excluding hydrogens is 116 g/mol. The van der Waals surface area contributed by atoms with Crippen molar-refractivity contribution >= 4 is 0 Å². The van der Waals surface area contributed by atoms with Gasteiger partial charge in [-0.1, -0.05) is 5.59 Å². The van der Waals surface area contributed by atoms with Crippen LogP contribution in [0.5, 0.6) is 0 Å². The van der Waals surface area contributed by atoms with E-state index in [2.05, 4.69) is 10.6 Å². The van der Waals surface area contributed by atoms with Gasteiger partial charge in [0, 0.05) is 12.4 Å². The predicted octanol–water partition coefficient (Wildman–Crippen LogP) is 1.72. The topological polar surface area (TPSA) is 53.8 Å². The molecule has 0 fully saturated rings. The highest BCUT2D eigenvalue weighted by atomic mass is 16.2. The summed E-state index contributed by atoms with van der Waals surface area (Å²) in [4.78, 5) is 11.3. The van der Waals surface area contributed by atoms with Crippen molar-refractivity contribution in [3.8, 4) is 0 Å². The molecule has 1 heterocycles. The van der Waals surface area contributed by atoms with Crippen LogP contribution >= 0.6 is 0 Å². The van der Waals surface area contributed by atoms with Gasteiger partial charge in [-0.05, 0) is 24.6 Å². The van der Waals surface area contributed by atoms with Gasteiger partial charge >= 0.3 is 0 Å². The Morgan fingerprint density at radius 2 is 1.78 bits per heavy atom. The van der Waals surface area contributed by atoms with Crippen LogP contribution in [0.3, 0.4) is 0 Å². The Labute approximate surface area is 53.5 Å². The quantitative estimate of drug-likeness (QED) is 0.535. The zero-order valence-corrected chi connectivity index (χ0v) is 5.16. The van der Waals surface area contributed by atoms with Gasteiger partial charge in [0.05, 0.1) is 0 Å². The first-order valence-corrected chi connectivity index (χ1v) is 2.46. The summed E-state index contributed by atoms with van der Waals surface area (Å²) < 4.78 is 0. The van der Waals surface area contributed by atoms with Crippen LogP contribution in [-0.2, 0) is 0 Å². The molecule has 9 heavy (non-hydrogen) atoms. The molecule has 0 spiro atoms. The number of aromatic nitrogens is 1. The zero-order chi connectivity index (χ0) is 7.11. The van der Waals surface area contributed by atoms with Crippen molar-refractivity contribution in [2.24, 2.45) is 0 Å². The van der Waals surface area contributed by atoms with E-state index in [4.69, 9.17) is 4.91 Å². The molecule has 0 saturated carbocycles. The van der Waals surface area contributed by atoms with Crippen LogP contribution in [0.1, 0.15) is 5.56 Å². The summed E-state index contributed by atoms with van der Waals surface area (Å²) in [5, 5.41) is 0. The summed E-state index contributed by atoms with van der Waals surface area (Å²) in [6.45, 7) is 2.04. The normalized spacial score (nSPS) is 7.22. The van der Waals surface area contributed by atoms with Crippen molar-refractivity contribution in [2.75, 3.05) is 0 Å². The lowest BCUT2D eigenvalue weighted by atomic mass is 10.3. The Bertz CT molecular complexity index is 152. The Kier molecular flexibility index (Phi) is 4.22. The minimum absolute atomic E-state index is 1.26. The van der Waals surface area contributed by atoms with E-state index >= 15 is 0 Å². The largest absolute Gasteiger partial charge is 0.265 e. The molecule has 1 N–H and O–H groups in total. The monoisotopic (exact) mass is 124 g/mol. The van der Waals surface area contributed by atoms with Gasteiger partial charge in [0.2, 0.25) is 0 Å². The van der Waals surface area contributed by atoms with Crippen molar-refractivity contribution in [2.45, 2.75) is 6.92 Å². The van der Waals surface area contributed by atoms with E-state index < -0.39 is 0 Å². The fourth-order valence-electron chi connectivity index (χ4n) is 0.426. The first-order valence-electron chi connectivity index (χ1n) is 2.46. The Balaban J connectivity index is 0.000000291. The molecule has 1 aromatic rings. The SMILES string of the molecule is Cc1ccncc1.N=O. The van der Waals surface area contributed by atoms with Crippen molar-refractivity contribution in [1.82, 2.24) is 4.98 Å². The van der Waals surface area contributed by atoms with Gasteiger partial charge in [-0.25, -0.2) is 0 Å². The lowest BCUT2D eigenvalue weighted by Gasteiger charge is -1.82. The number of nitrogens with zero attached hydrogens (tertiary/aromatic N) is 1. The second kappa shape index (κ2) is 4.90. The average molecular weight is 124 g/mol. The van der Waals surface area contributed by atoms with Crippen molar-refractivity contribution in [1.29, 1.82) is 5.59 Å². The fraction of sp³-hybridized carbons (Fsp3) is 0.167. The van der Waals surface area contributed by atoms with E-state index in [-0.39, 0.29) is 0 Å². The highest BCUT2D eigenvalue weighted by Gasteiger charge is 1.72. The predicted molar refractivity (Wildman–Crippen MR) is 35.1 cm³/mol. The molecule has 48 valence electrons. The second-order valence-corrected chi connectivity index (χ2v) is 1.52. The smallest absolute Gasteiger partial charge is 0.0270 e. The lowest BCUT2D eigenvalue weighted by Crippen LogP contribution is -1.68. The molecule has 0 aliphatic rings. The van der Waals surface area contributed by atoms with E-state index in [9.17, 15) is 0 Å². The molecule has 0 amide bonds. The van der Waals surface area contributed by atoms with Gasteiger partial charge in [0.25, 0.3) is 0 Å². The molecular formula is C6H8N2O. The molecule has 0 aliphatic heterocycles. The summed E-state index contributed by atoms with van der Waals surface area (Å²) >= 11 is 0. The maximum absolute atomic E-state index is 7.50. The standard InChI is InChI=1S/C6H7N.HNO/c1-6-2-4-7-5-3-6;1-2/h2-5H,1H3;1H. The average Bonchev–Trinajstić information content (AvgIpc) is 1.94. The molecule has 1 rings (SSSR count). The number of rotatable bonds is 0. The Morgan fingerprint density at radius 3 is 2.00 bits per heavy atom. The lowest BCUT2D eigenvalue weighted by molar-refractivity contribution is 1.29. The fourth-order valence-corrected chi connectivity index (χ4v) is 0.426. The van der Waals surface area contributed by atoms with Crippen LogP contribution < -0.4 is 0 Å². The molecule has 3 heteroatoms. The van der Waals surface area contributed by atoms with E-state index in [1.807, 2.05) is 19.1 Å². The minimum atomic E-state index is 1.26.